The number of hydrazine groups is 1. The third-order valence-corrected chi connectivity index (χ3v) is 3.95. The molecule has 0 radical (unpaired) electrons. The highest BCUT2D eigenvalue weighted by molar-refractivity contribution is 6.34. The Morgan fingerprint density at radius 3 is 2.11 bits per heavy atom. The van der Waals surface area contributed by atoms with E-state index < -0.39 is 50.7 Å². The second-order valence-electron chi connectivity index (χ2n) is 6.45. The molecule has 0 saturated heterocycles. The van der Waals surface area contributed by atoms with Crippen LogP contribution in [0.2, 0.25) is 10.3 Å². The Labute approximate surface area is 163 Å². The van der Waals surface area contributed by atoms with Crippen molar-refractivity contribution in [3.63, 3.8) is 0 Å². The van der Waals surface area contributed by atoms with Gasteiger partial charge in [0, 0.05) is 0 Å². The number of hydrogen-bond acceptors (Lipinski definition) is 3. The van der Waals surface area contributed by atoms with Gasteiger partial charge in [0.25, 0.3) is 11.8 Å². The first-order valence-corrected chi connectivity index (χ1v) is 8.30. The van der Waals surface area contributed by atoms with Crippen molar-refractivity contribution in [3.05, 3.63) is 63.2 Å². The molecule has 0 aliphatic heterocycles. The summed E-state index contributed by atoms with van der Waals surface area (Å²) < 4.78 is 41.4. The maximum absolute atomic E-state index is 13.8. The van der Waals surface area contributed by atoms with Crippen LogP contribution in [0.1, 0.15) is 41.5 Å². The molecule has 0 aliphatic rings. The molecule has 1 heterocycles. The molecule has 27 heavy (non-hydrogen) atoms. The van der Waals surface area contributed by atoms with Crippen molar-refractivity contribution >= 4 is 35.0 Å². The zero-order valence-corrected chi connectivity index (χ0v) is 15.9. The Hall–Kier alpha value is -2.32. The van der Waals surface area contributed by atoms with Crippen molar-refractivity contribution < 1.29 is 22.8 Å². The quantitative estimate of drug-likeness (QED) is 0.579. The fraction of sp³-hybridized carbons (Fsp3) is 0.235. The van der Waals surface area contributed by atoms with E-state index in [4.69, 9.17) is 23.2 Å². The molecule has 0 spiro atoms. The van der Waals surface area contributed by atoms with Crippen molar-refractivity contribution in [1.29, 1.82) is 0 Å². The van der Waals surface area contributed by atoms with Crippen molar-refractivity contribution in [1.82, 2.24) is 15.4 Å². The SMILES string of the molecule is CC(C)(C)N(NC(=O)c1c(F)cccc1F)C(=O)c1cc(F)c(Cl)nc1Cl. The highest BCUT2D eigenvalue weighted by Crippen LogP contribution is 2.24. The Kier molecular flexibility index (Phi) is 6.01. The van der Waals surface area contributed by atoms with Gasteiger partial charge in [0.2, 0.25) is 0 Å². The third-order valence-electron chi connectivity index (χ3n) is 3.39. The number of nitrogens with zero attached hydrogens (tertiary/aromatic N) is 2. The zero-order valence-electron chi connectivity index (χ0n) is 14.4. The van der Waals surface area contributed by atoms with Crippen LogP contribution in [0.25, 0.3) is 0 Å². The van der Waals surface area contributed by atoms with E-state index in [0.717, 1.165) is 29.3 Å². The average molecular weight is 420 g/mol. The van der Waals surface area contributed by atoms with Gasteiger partial charge in [0.1, 0.15) is 22.4 Å². The molecule has 0 atom stereocenters. The summed E-state index contributed by atoms with van der Waals surface area (Å²) in [7, 11) is 0. The molecule has 2 aromatic rings. The Morgan fingerprint density at radius 2 is 1.59 bits per heavy atom. The summed E-state index contributed by atoms with van der Waals surface area (Å²) in [5.41, 5.74) is -0.180. The van der Waals surface area contributed by atoms with Gasteiger partial charge in [-0.25, -0.2) is 23.2 Å². The molecule has 0 bridgehead atoms. The molecule has 0 saturated carbocycles. The van der Waals surface area contributed by atoms with Gasteiger partial charge in [-0.1, -0.05) is 29.3 Å². The molecule has 2 rings (SSSR count). The smallest absolute Gasteiger partial charge is 0.267 e. The van der Waals surface area contributed by atoms with Gasteiger partial charge in [-0.15, -0.1) is 0 Å². The van der Waals surface area contributed by atoms with Gasteiger partial charge < -0.3 is 0 Å². The summed E-state index contributed by atoms with van der Waals surface area (Å²) >= 11 is 11.4. The van der Waals surface area contributed by atoms with Crippen molar-refractivity contribution in [2.45, 2.75) is 26.3 Å². The van der Waals surface area contributed by atoms with E-state index in [2.05, 4.69) is 10.4 Å². The van der Waals surface area contributed by atoms with E-state index in [1.807, 2.05) is 0 Å². The first-order chi connectivity index (χ1) is 12.4. The molecule has 1 aromatic carbocycles. The van der Waals surface area contributed by atoms with Gasteiger partial charge in [-0.05, 0) is 39.0 Å². The molecule has 1 N–H and O–H groups in total. The average Bonchev–Trinajstić information content (AvgIpc) is 2.54. The monoisotopic (exact) mass is 419 g/mol. The number of benzene rings is 1. The van der Waals surface area contributed by atoms with Gasteiger partial charge in [0.05, 0.1) is 11.1 Å². The Bertz CT molecular complexity index is 897. The summed E-state index contributed by atoms with van der Waals surface area (Å²) in [5.74, 6) is -5.35. The second-order valence-corrected chi connectivity index (χ2v) is 7.16. The van der Waals surface area contributed by atoms with Crippen molar-refractivity contribution in [2.75, 3.05) is 0 Å². The molecule has 2 amide bonds. The predicted molar refractivity (Wildman–Crippen MR) is 94.0 cm³/mol. The van der Waals surface area contributed by atoms with Crippen LogP contribution in [0, 0.1) is 17.5 Å². The largest absolute Gasteiger partial charge is 0.276 e. The topological polar surface area (TPSA) is 62.3 Å². The fourth-order valence-corrected chi connectivity index (χ4v) is 2.51. The number of hydrogen-bond donors (Lipinski definition) is 1. The van der Waals surface area contributed by atoms with E-state index in [1.165, 1.54) is 20.8 Å². The standard InChI is InChI=1S/C17H14Cl2F3N3O2/c1-17(2,3)25(16(27)8-7-11(22)14(19)23-13(8)18)24-15(26)12-9(20)5-4-6-10(12)21/h4-7H,1-3H3,(H,24,26). The van der Waals surface area contributed by atoms with Gasteiger partial charge in [-0.3, -0.25) is 15.0 Å². The maximum atomic E-state index is 13.8. The lowest BCUT2D eigenvalue weighted by atomic mass is 10.1. The molecule has 0 fully saturated rings. The van der Waals surface area contributed by atoms with Gasteiger partial charge >= 0.3 is 0 Å². The van der Waals surface area contributed by atoms with Gasteiger partial charge in [0.15, 0.2) is 11.0 Å². The number of carbonyl (C=O) groups excluding carboxylic acids is 2. The summed E-state index contributed by atoms with van der Waals surface area (Å²) in [4.78, 5) is 28.7. The zero-order chi connectivity index (χ0) is 20.5. The summed E-state index contributed by atoms with van der Waals surface area (Å²) in [6.45, 7) is 4.61. The van der Waals surface area contributed by atoms with E-state index in [1.54, 1.807) is 0 Å². The van der Waals surface area contributed by atoms with E-state index in [9.17, 15) is 22.8 Å². The molecule has 10 heteroatoms. The summed E-state index contributed by atoms with van der Waals surface area (Å²) in [5, 5.41) is -0.152. The minimum atomic E-state index is -1.20. The van der Waals surface area contributed by atoms with E-state index in [0.29, 0.717) is 0 Å². The van der Waals surface area contributed by atoms with Crippen LogP contribution in [0.3, 0.4) is 0 Å². The highest BCUT2D eigenvalue weighted by atomic mass is 35.5. The lowest BCUT2D eigenvalue weighted by Gasteiger charge is -2.35. The molecule has 0 aliphatic carbocycles. The number of amides is 2. The number of carbonyl (C=O) groups is 2. The van der Waals surface area contributed by atoms with Crippen molar-refractivity contribution in [3.8, 4) is 0 Å². The number of rotatable bonds is 2. The first-order valence-electron chi connectivity index (χ1n) is 7.54. The van der Waals surface area contributed by atoms with Crippen molar-refractivity contribution in [2.24, 2.45) is 0 Å². The van der Waals surface area contributed by atoms with Crippen LogP contribution < -0.4 is 5.43 Å². The van der Waals surface area contributed by atoms with E-state index in [-0.39, 0.29) is 5.56 Å². The van der Waals surface area contributed by atoms with E-state index >= 15 is 0 Å². The van der Waals surface area contributed by atoms with Crippen LogP contribution in [-0.2, 0) is 0 Å². The van der Waals surface area contributed by atoms with Crippen LogP contribution in [0.5, 0.6) is 0 Å². The minimum Gasteiger partial charge on any atom is -0.267 e. The summed E-state index contributed by atoms with van der Waals surface area (Å²) in [6.07, 6.45) is 0. The maximum Gasteiger partial charge on any atom is 0.276 e. The lowest BCUT2D eigenvalue weighted by Crippen LogP contribution is -2.56. The first kappa shape index (κ1) is 21.0. The lowest BCUT2D eigenvalue weighted by molar-refractivity contribution is 0.0354. The fourth-order valence-electron chi connectivity index (χ4n) is 2.11. The molecular formula is C17H14Cl2F3N3O2. The molecular weight excluding hydrogens is 406 g/mol. The second kappa shape index (κ2) is 7.74. The van der Waals surface area contributed by atoms with Gasteiger partial charge in [-0.2, -0.15) is 0 Å². The summed E-state index contributed by atoms with van der Waals surface area (Å²) in [6, 6.07) is 3.65. The van der Waals surface area contributed by atoms with Crippen LogP contribution in [0.15, 0.2) is 24.3 Å². The Balaban J connectivity index is 2.44. The van der Waals surface area contributed by atoms with Crippen LogP contribution >= 0.6 is 23.2 Å². The normalized spacial score (nSPS) is 11.3. The van der Waals surface area contributed by atoms with Crippen LogP contribution in [-0.4, -0.2) is 27.3 Å². The number of nitrogens with one attached hydrogen (secondary N) is 1. The third kappa shape index (κ3) is 4.51. The Morgan fingerprint density at radius 1 is 1.04 bits per heavy atom. The molecule has 144 valence electrons. The molecule has 1 aromatic heterocycles. The molecule has 0 unspecified atom stereocenters. The van der Waals surface area contributed by atoms with Crippen LogP contribution in [0.4, 0.5) is 13.2 Å². The number of aromatic nitrogens is 1. The number of pyridine rings is 1. The number of halogens is 5. The predicted octanol–water partition coefficient (Wildman–Crippen LogP) is 4.39. The highest BCUT2D eigenvalue weighted by Gasteiger charge is 2.33. The molecule has 5 nitrogen and oxygen atoms in total. The minimum absolute atomic E-state index is 0.386.